The van der Waals surface area contributed by atoms with Crippen molar-refractivity contribution in [2.24, 2.45) is 0 Å². The van der Waals surface area contributed by atoms with Crippen LogP contribution in [0.4, 0.5) is 25.1 Å². The minimum absolute atomic E-state index is 0.260. The molecule has 0 bridgehead atoms. The lowest BCUT2D eigenvalue weighted by atomic mass is 10.2. The maximum Gasteiger partial charge on any atom is 0.413 e. The summed E-state index contributed by atoms with van der Waals surface area (Å²) in [5.74, 6) is -4.24. The largest absolute Gasteiger partial charge is 0.450 e. The number of nitrogens with one attached hydrogen (secondary N) is 1. The Morgan fingerprint density at radius 2 is 1.89 bits per heavy atom. The average molecular weight is 395 g/mol. The summed E-state index contributed by atoms with van der Waals surface area (Å²) in [7, 11) is 0. The lowest BCUT2D eigenvalue weighted by Gasteiger charge is -2.20. The maximum atomic E-state index is 14.0. The van der Waals surface area contributed by atoms with Gasteiger partial charge in [0.15, 0.2) is 23.7 Å². The summed E-state index contributed by atoms with van der Waals surface area (Å²) in [6, 6.07) is 2.07. The number of non-ortho nitro benzene ring substituents is 1. The number of aromatic nitrogens is 1. The maximum absolute atomic E-state index is 14.0. The number of aldehydes is 1. The van der Waals surface area contributed by atoms with Crippen molar-refractivity contribution in [1.82, 2.24) is 4.98 Å². The summed E-state index contributed by atoms with van der Waals surface area (Å²) in [5.41, 5.74) is -1.93. The standard InChI is InChI=1S/C17H15F2N3O6/c1-17(2,3)28-16(24)21-15-10(8-23)13(4-5-20-15)27-14-11(18)6-9(22(25)26)7-12(14)19/h4-8H,1-3H3,(H,20,21,24). The highest BCUT2D eigenvalue weighted by Gasteiger charge is 2.22. The van der Waals surface area contributed by atoms with E-state index in [1.807, 2.05) is 0 Å². The topological polar surface area (TPSA) is 121 Å². The minimum Gasteiger partial charge on any atom is -0.450 e. The number of pyridine rings is 1. The van der Waals surface area contributed by atoms with E-state index in [9.17, 15) is 28.5 Å². The molecule has 148 valence electrons. The van der Waals surface area contributed by atoms with Crippen LogP contribution in [0.5, 0.6) is 11.5 Å². The SMILES string of the molecule is CC(C)(C)OC(=O)Nc1nccc(Oc2c(F)cc([N+](=O)[O-])cc2F)c1C=O. The second kappa shape index (κ2) is 7.94. The Kier molecular flexibility index (Phi) is 5.87. The number of carbonyl (C=O) groups excluding carboxylic acids is 2. The van der Waals surface area contributed by atoms with Gasteiger partial charge < -0.3 is 9.47 Å². The third kappa shape index (κ3) is 4.96. The fourth-order valence-electron chi connectivity index (χ4n) is 2.02. The van der Waals surface area contributed by atoms with Crippen LogP contribution in [0.2, 0.25) is 0 Å². The molecular weight excluding hydrogens is 380 g/mol. The van der Waals surface area contributed by atoms with E-state index in [1.165, 1.54) is 0 Å². The summed E-state index contributed by atoms with van der Waals surface area (Å²) in [6.07, 6.45) is 0.472. The van der Waals surface area contributed by atoms with Gasteiger partial charge in [0, 0.05) is 12.3 Å². The third-order valence-corrected chi connectivity index (χ3v) is 3.09. The van der Waals surface area contributed by atoms with Crippen LogP contribution in [0, 0.1) is 21.7 Å². The Labute approximate surface area is 157 Å². The molecule has 0 aliphatic heterocycles. The minimum atomic E-state index is -1.35. The number of hydrogen-bond donors (Lipinski definition) is 1. The number of hydrogen-bond acceptors (Lipinski definition) is 7. The van der Waals surface area contributed by atoms with Crippen molar-refractivity contribution in [3.63, 3.8) is 0 Å². The van der Waals surface area contributed by atoms with Crippen molar-refractivity contribution in [3.05, 3.63) is 51.7 Å². The van der Waals surface area contributed by atoms with Crippen molar-refractivity contribution >= 4 is 23.9 Å². The van der Waals surface area contributed by atoms with E-state index in [-0.39, 0.29) is 23.4 Å². The molecule has 2 rings (SSSR count). The van der Waals surface area contributed by atoms with Gasteiger partial charge >= 0.3 is 6.09 Å². The first-order valence-electron chi connectivity index (χ1n) is 7.77. The molecule has 0 atom stereocenters. The van der Waals surface area contributed by atoms with Crippen molar-refractivity contribution in [2.75, 3.05) is 5.32 Å². The van der Waals surface area contributed by atoms with Crippen molar-refractivity contribution in [3.8, 4) is 11.5 Å². The predicted octanol–water partition coefficient (Wildman–Crippen LogP) is 4.22. The number of amides is 1. The van der Waals surface area contributed by atoms with Crippen molar-refractivity contribution in [2.45, 2.75) is 26.4 Å². The number of anilines is 1. The quantitative estimate of drug-likeness (QED) is 0.457. The first kappa shape index (κ1) is 20.7. The fraction of sp³-hybridized carbons (Fsp3) is 0.235. The summed E-state index contributed by atoms with van der Waals surface area (Å²) in [5, 5.41) is 12.9. The van der Waals surface area contributed by atoms with Gasteiger partial charge in [-0.05, 0) is 20.8 Å². The Morgan fingerprint density at radius 1 is 1.29 bits per heavy atom. The molecule has 0 aliphatic carbocycles. The molecule has 1 aromatic carbocycles. The number of nitrogens with zero attached hydrogens (tertiary/aromatic N) is 2. The molecule has 11 heteroatoms. The normalized spacial score (nSPS) is 10.9. The molecule has 0 saturated heterocycles. The number of rotatable bonds is 5. The Morgan fingerprint density at radius 3 is 2.39 bits per heavy atom. The Balaban J connectivity index is 2.37. The van der Waals surface area contributed by atoms with Gasteiger partial charge in [-0.3, -0.25) is 20.2 Å². The average Bonchev–Trinajstić information content (AvgIpc) is 2.56. The lowest BCUT2D eigenvalue weighted by Crippen LogP contribution is -2.27. The number of benzene rings is 1. The molecule has 28 heavy (non-hydrogen) atoms. The molecule has 1 N–H and O–H groups in total. The fourth-order valence-corrected chi connectivity index (χ4v) is 2.02. The number of carbonyl (C=O) groups is 2. The lowest BCUT2D eigenvalue weighted by molar-refractivity contribution is -0.385. The Hall–Kier alpha value is -3.63. The van der Waals surface area contributed by atoms with Crippen molar-refractivity contribution in [1.29, 1.82) is 0 Å². The van der Waals surface area contributed by atoms with Crippen LogP contribution >= 0.6 is 0 Å². The molecular formula is C17H15F2N3O6. The van der Waals surface area contributed by atoms with Crippen LogP contribution in [0.15, 0.2) is 24.4 Å². The molecule has 0 saturated carbocycles. The van der Waals surface area contributed by atoms with Gasteiger partial charge in [-0.25, -0.2) is 18.6 Å². The predicted molar refractivity (Wildman–Crippen MR) is 92.6 cm³/mol. The third-order valence-electron chi connectivity index (χ3n) is 3.09. The molecule has 9 nitrogen and oxygen atoms in total. The molecule has 0 radical (unpaired) electrons. The number of nitro groups is 1. The van der Waals surface area contributed by atoms with Gasteiger partial charge in [0.25, 0.3) is 5.69 Å². The van der Waals surface area contributed by atoms with E-state index in [0.717, 1.165) is 12.3 Å². The molecule has 2 aromatic rings. The van der Waals surface area contributed by atoms with Gasteiger partial charge in [-0.15, -0.1) is 0 Å². The first-order valence-corrected chi connectivity index (χ1v) is 7.77. The van der Waals surface area contributed by atoms with E-state index in [2.05, 4.69) is 10.3 Å². The van der Waals surface area contributed by atoms with Gasteiger partial charge in [-0.2, -0.15) is 0 Å². The van der Waals surface area contributed by atoms with Gasteiger partial charge in [0.1, 0.15) is 17.2 Å². The van der Waals surface area contributed by atoms with E-state index in [1.54, 1.807) is 20.8 Å². The van der Waals surface area contributed by atoms with E-state index < -0.39 is 39.7 Å². The van der Waals surface area contributed by atoms with E-state index >= 15 is 0 Å². The second-order valence-electron chi connectivity index (χ2n) is 6.41. The van der Waals surface area contributed by atoms with Gasteiger partial charge in [0.2, 0.25) is 0 Å². The summed E-state index contributed by atoms with van der Waals surface area (Å²) in [6.45, 7) is 4.88. The van der Waals surface area contributed by atoms with E-state index in [0.29, 0.717) is 12.1 Å². The first-order chi connectivity index (χ1) is 13.0. The monoisotopic (exact) mass is 395 g/mol. The Bertz CT molecular complexity index is 920. The molecule has 0 aliphatic rings. The van der Waals surface area contributed by atoms with Crippen LogP contribution in [-0.2, 0) is 4.74 Å². The van der Waals surface area contributed by atoms with Crippen LogP contribution in [0.25, 0.3) is 0 Å². The highest BCUT2D eigenvalue weighted by Crippen LogP contribution is 2.33. The molecule has 1 amide bonds. The number of nitro benzene ring substituents is 1. The van der Waals surface area contributed by atoms with Crippen LogP contribution in [0.1, 0.15) is 31.1 Å². The van der Waals surface area contributed by atoms with E-state index in [4.69, 9.17) is 9.47 Å². The van der Waals surface area contributed by atoms with Gasteiger partial charge in [0.05, 0.1) is 22.6 Å². The smallest absolute Gasteiger partial charge is 0.413 e. The van der Waals surface area contributed by atoms with Crippen LogP contribution < -0.4 is 10.1 Å². The zero-order valence-corrected chi connectivity index (χ0v) is 15.0. The summed E-state index contributed by atoms with van der Waals surface area (Å²) < 4.78 is 38.2. The molecule has 1 aromatic heterocycles. The summed E-state index contributed by atoms with van der Waals surface area (Å²) >= 11 is 0. The highest BCUT2D eigenvalue weighted by molar-refractivity contribution is 5.93. The highest BCUT2D eigenvalue weighted by atomic mass is 19.1. The van der Waals surface area contributed by atoms with Crippen molar-refractivity contribution < 1.29 is 32.8 Å². The molecule has 1 heterocycles. The number of ether oxygens (including phenoxy) is 2. The van der Waals surface area contributed by atoms with Crippen LogP contribution in [0.3, 0.4) is 0 Å². The zero-order valence-electron chi connectivity index (χ0n) is 15.0. The molecule has 0 unspecified atom stereocenters. The zero-order chi connectivity index (χ0) is 21.1. The number of halogens is 2. The van der Waals surface area contributed by atoms with Gasteiger partial charge in [-0.1, -0.05) is 0 Å². The van der Waals surface area contributed by atoms with Crippen LogP contribution in [-0.4, -0.2) is 27.9 Å². The molecule has 0 fully saturated rings. The second-order valence-corrected chi connectivity index (χ2v) is 6.41. The summed E-state index contributed by atoms with van der Waals surface area (Å²) in [4.78, 5) is 36.8. The molecule has 0 spiro atoms.